The van der Waals surface area contributed by atoms with Crippen molar-refractivity contribution in [2.24, 2.45) is 5.41 Å². The van der Waals surface area contributed by atoms with Gasteiger partial charge >= 0.3 is 0 Å². The Kier molecular flexibility index (Phi) is 4.82. The van der Waals surface area contributed by atoms with Crippen molar-refractivity contribution < 1.29 is 0 Å². The van der Waals surface area contributed by atoms with Gasteiger partial charge in [-0.05, 0) is 30.4 Å². The lowest BCUT2D eigenvalue weighted by Crippen LogP contribution is -2.42. The summed E-state index contributed by atoms with van der Waals surface area (Å²) >= 11 is 0. The topological polar surface area (TPSA) is 12.0 Å². The van der Waals surface area contributed by atoms with Gasteiger partial charge in [0, 0.05) is 12.5 Å². The summed E-state index contributed by atoms with van der Waals surface area (Å²) in [6, 6.07) is 11.1. The van der Waals surface area contributed by atoms with Crippen molar-refractivity contribution in [1.29, 1.82) is 0 Å². The van der Waals surface area contributed by atoms with Crippen LogP contribution in [-0.2, 0) is 0 Å². The summed E-state index contributed by atoms with van der Waals surface area (Å²) in [7, 11) is 0. The van der Waals surface area contributed by atoms with E-state index in [1.165, 1.54) is 44.2 Å². The summed E-state index contributed by atoms with van der Waals surface area (Å²) in [5.74, 6) is 0.685. The van der Waals surface area contributed by atoms with Crippen LogP contribution in [0, 0.1) is 5.41 Å². The standard InChI is InChI=1S/C17H27N/c1-3-4-8-11-17(2)12-13-18-14-16(17)15-9-6-5-7-10-15/h5-7,9-10,16,18H,3-4,8,11-14H2,1-2H3. The molecule has 1 nitrogen and oxygen atoms in total. The molecule has 1 aromatic rings. The van der Waals surface area contributed by atoms with Gasteiger partial charge in [-0.15, -0.1) is 0 Å². The molecule has 0 aliphatic carbocycles. The van der Waals surface area contributed by atoms with E-state index in [0.29, 0.717) is 11.3 Å². The zero-order chi connectivity index (χ0) is 12.8. The molecule has 0 bridgehead atoms. The maximum atomic E-state index is 3.58. The minimum absolute atomic E-state index is 0.488. The second-order valence-corrected chi connectivity index (χ2v) is 6.03. The lowest BCUT2D eigenvalue weighted by atomic mass is 9.66. The van der Waals surface area contributed by atoms with Crippen molar-refractivity contribution in [1.82, 2.24) is 5.32 Å². The molecule has 1 aliphatic rings. The molecule has 2 rings (SSSR count). The van der Waals surface area contributed by atoms with Crippen LogP contribution in [0.3, 0.4) is 0 Å². The second kappa shape index (κ2) is 6.38. The normalized spacial score (nSPS) is 28.2. The van der Waals surface area contributed by atoms with E-state index in [9.17, 15) is 0 Å². The van der Waals surface area contributed by atoms with E-state index in [-0.39, 0.29) is 0 Å². The summed E-state index contributed by atoms with van der Waals surface area (Å²) in [6.07, 6.45) is 6.78. The predicted octanol–water partition coefficient (Wildman–Crippen LogP) is 4.35. The van der Waals surface area contributed by atoms with E-state index in [1.807, 2.05) is 0 Å². The molecule has 1 aliphatic heterocycles. The molecule has 0 radical (unpaired) electrons. The summed E-state index contributed by atoms with van der Waals surface area (Å²) in [5.41, 5.74) is 2.01. The zero-order valence-electron chi connectivity index (χ0n) is 11.9. The van der Waals surface area contributed by atoms with Crippen molar-refractivity contribution in [2.45, 2.75) is 51.9 Å². The third-order valence-electron chi connectivity index (χ3n) is 4.62. The molecular formula is C17H27N. The molecule has 0 aromatic heterocycles. The van der Waals surface area contributed by atoms with Gasteiger partial charge in [0.25, 0.3) is 0 Å². The molecule has 1 fully saturated rings. The van der Waals surface area contributed by atoms with Crippen LogP contribution >= 0.6 is 0 Å². The first-order valence-electron chi connectivity index (χ1n) is 7.52. The van der Waals surface area contributed by atoms with Crippen LogP contribution in [0.1, 0.15) is 57.4 Å². The molecule has 2 atom stereocenters. The Morgan fingerprint density at radius 3 is 2.72 bits per heavy atom. The number of benzene rings is 1. The van der Waals surface area contributed by atoms with Gasteiger partial charge in [0.1, 0.15) is 0 Å². The number of hydrogen-bond donors (Lipinski definition) is 1. The van der Waals surface area contributed by atoms with Gasteiger partial charge in [-0.1, -0.05) is 63.4 Å². The molecule has 1 heteroatoms. The molecule has 18 heavy (non-hydrogen) atoms. The van der Waals surface area contributed by atoms with Gasteiger partial charge in [-0.2, -0.15) is 0 Å². The van der Waals surface area contributed by atoms with Crippen LogP contribution < -0.4 is 5.32 Å². The van der Waals surface area contributed by atoms with Crippen LogP contribution in [0.2, 0.25) is 0 Å². The molecule has 1 saturated heterocycles. The highest BCUT2D eigenvalue weighted by molar-refractivity contribution is 5.23. The van der Waals surface area contributed by atoms with Crippen molar-refractivity contribution in [2.75, 3.05) is 13.1 Å². The van der Waals surface area contributed by atoms with Crippen molar-refractivity contribution >= 4 is 0 Å². The zero-order valence-corrected chi connectivity index (χ0v) is 11.9. The number of nitrogens with one attached hydrogen (secondary N) is 1. The van der Waals surface area contributed by atoms with Gasteiger partial charge in [-0.25, -0.2) is 0 Å². The number of piperidine rings is 1. The van der Waals surface area contributed by atoms with E-state index in [1.54, 1.807) is 0 Å². The summed E-state index contributed by atoms with van der Waals surface area (Å²) in [5, 5.41) is 3.58. The Morgan fingerprint density at radius 1 is 1.22 bits per heavy atom. The fourth-order valence-electron chi connectivity index (χ4n) is 3.32. The van der Waals surface area contributed by atoms with Gasteiger partial charge in [-0.3, -0.25) is 0 Å². The van der Waals surface area contributed by atoms with Crippen LogP contribution in [-0.4, -0.2) is 13.1 Å². The highest BCUT2D eigenvalue weighted by atomic mass is 14.9. The number of rotatable bonds is 5. The van der Waals surface area contributed by atoms with Crippen molar-refractivity contribution in [3.63, 3.8) is 0 Å². The Balaban J connectivity index is 2.10. The third-order valence-corrected chi connectivity index (χ3v) is 4.62. The van der Waals surface area contributed by atoms with E-state index < -0.39 is 0 Å². The maximum absolute atomic E-state index is 3.58. The van der Waals surface area contributed by atoms with Crippen LogP contribution in [0.4, 0.5) is 0 Å². The van der Waals surface area contributed by atoms with E-state index >= 15 is 0 Å². The first-order valence-corrected chi connectivity index (χ1v) is 7.52. The Morgan fingerprint density at radius 2 is 2.00 bits per heavy atom. The molecular weight excluding hydrogens is 218 g/mol. The van der Waals surface area contributed by atoms with Crippen molar-refractivity contribution in [3.05, 3.63) is 35.9 Å². The highest BCUT2D eigenvalue weighted by Crippen LogP contribution is 2.44. The van der Waals surface area contributed by atoms with Gasteiger partial charge in [0.05, 0.1) is 0 Å². The molecule has 1 aromatic carbocycles. The molecule has 1 N–H and O–H groups in total. The lowest BCUT2D eigenvalue weighted by Gasteiger charge is -2.42. The van der Waals surface area contributed by atoms with E-state index in [0.717, 1.165) is 6.54 Å². The van der Waals surface area contributed by atoms with E-state index in [4.69, 9.17) is 0 Å². The molecule has 1 heterocycles. The maximum Gasteiger partial charge on any atom is 0.00254 e. The molecule has 0 saturated carbocycles. The minimum atomic E-state index is 0.488. The summed E-state index contributed by atoms with van der Waals surface area (Å²) in [6.45, 7) is 7.12. The van der Waals surface area contributed by atoms with Crippen LogP contribution in [0.15, 0.2) is 30.3 Å². The summed E-state index contributed by atoms with van der Waals surface area (Å²) in [4.78, 5) is 0. The minimum Gasteiger partial charge on any atom is -0.316 e. The fraction of sp³-hybridized carbons (Fsp3) is 0.647. The SMILES string of the molecule is CCCCCC1(C)CCNCC1c1ccccc1. The number of unbranched alkanes of at least 4 members (excludes halogenated alkanes) is 2. The van der Waals surface area contributed by atoms with Crippen molar-refractivity contribution in [3.8, 4) is 0 Å². The third kappa shape index (κ3) is 3.14. The van der Waals surface area contributed by atoms with Gasteiger partial charge < -0.3 is 5.32 Å². The average Bonchev–Trinajstić information content (AvgIpc) is 2.40. The largest absolute Gasteiger partial charge is 0.316 e. The second-order valence-electron chi connectivity index (χ2n) is 6.03. The first-order chi connectivity index (χ1) is 8.76. The Labute approximate surface area is 112 Å². The quantitative estimate of drug-likeness (QED) is 0.760. The van der Waals surface area contributed by atoms with Gasteiger partial charge in [0.2, 0.25) is 0 Å². The predicted molar refractivity (Wildman–Crippen MR) is 78.9 cm³/mol. The molecule has 0 spiro atoms. The van der Waals surface area contributed by atoms with Crippen LogP contribution in [0.5, 0.6) is 0 Å². The van der Waals surface area contributed by atoms with Crippen LogP contribution in [0.25, 0.3) is 0 Å². The Bertz CT molecular complexity index is 346. The Hall–Kier alpha value is -0.820. The monoisotopic (exact) mass is 245 g/mol. The summed E-state index contributed by atoms with van der Waals surface area (Å²) < 4.78 is 0. The first kappa shape index (κ1) is 13.6. The lowest BCUT2D eigenvalue weighted by molar-refractivity contribution is 0.167. The van der Waals surface area contributed by atoms with E-state index in [2.05, 4.69) is 49.5 Å². The fourth-order valence-corrected chi connectivity index (χ4v) is 3.32. The number of hydrogen-bond acceptors (Lipinski definition) is 1. The smallest absolute Gasteiger partial charge is 0.00254 e. The highest BCUT2D eigenvalue weighted by Gasteiger charge is 2.36. The van der Waals surface area contributed by atoms with Gasteiger partial charge in [0.15, 0.2) is 0 Å². The average molecular weight is 245 g/mol. The molecule has 100 valence electrons. The molecule has 0 amide bonds. The molecule has 2 unspecified atom stereocenters.